The van der Waals surface area contributed by atoms with Crippen molar-refractivity contribution in [2.45, 2.75) is 50.9 Å². The van der Waals surface area contributed by atoms with E-state index in [0.717, 1.165) is 0 Å². The number of nitrogens with zero attached hydrogens (tertiary/aromatic N) is 1. The van der Waals surface area contributed by atoms with Gasteiger partial charge in [-0.05, 0) is 0 Å². The fourth-order valence-electron chi connectivity index (χ4n) is 1.67. The van der Waals surface area contributed by atoms with E-state index in [4.69, 9.17) is 4.74 Å². The molecule has 0 bridgehead atoms. The van der Waals surface area contributed by atoms with Crippen LogP contribution in [0, 0.1) is 0 Å². The van der Waals surface area contributed by atoms with Crippen LogP contribution in [0.4, 0.5) is 0 Å². The Morgan fingerprint density at radius 1 is 1.47 bits per heavy atom. The molecule has 0 aromatic rings. The summed E-state index contributed by atoms with van der Waals surface area (Å²) in [6.45, 7) is 5.13. The van der Waals surface area contributed by atoms with Crippen LogP contribution in [-0.2, 0) is 14.3 Å². The van der Waals surface area contributed by atoms with Gasteiger partial charge in [-0.3, -0.25) is 4.99 Å². The average molecular weight is 244 g/mol. The molecule has 0 heterocycles. The number of carbonyl (C=O) groups excluding carboxylic acids is 1. The van der Waals surface area contributed by atoms with Gasteiger partial charge in [0.2, 0.25) is 0 Å². The molecule has 1 saturated carbocycles. The average Bonchev–Trinajstić information content (AvgIpc) is 2.10. The number of rotatable bonds is 2. The molecule has 1 rings (SSSR count). The number of hydrogen-bond acceptors (Lipinski definition) is 6. The van der Waals surface area contributed by atoms with Crippen LogP contribution in [0.3, 0.4) is 0 Å². The predicted molar refractivity (Wildman–Crippen MR) is 58.3 cm³/mol. The van der Waals surface area contributed by atoms with Crippen LogP contribution in [0.5, 0.6) is 0 Å². The number of ether oxygens (including phenoxy) is 2. The highest BCUT2D eigenvalue weighted by Crippen LogP contribution is 2.37. The second-order valence-corrected chi connectivity index (χ2v) is 5.18. The molecule has 0 aromatic carbocycles. The summed E-state index contributed by atoms with van der Waals surface area (Å²) in [6, 6.07) is 0. The molecule has 0 unspecified atom stereocenters. The van der Waals surface area contributed by atoms with E-state index in [1.54, 1.807) is 20.8 Å². The van der Waals surface area contributed by atoms with Crippen molar-refractivity contribution in [1.29, 1.82) is 0 Å². The molecule has 1 aliphatic carbocycles. The Bertz CT molecular complexity index is 325. The molecule has 0 aliphatic heterocycles. The molecule has 0 spiro atoms. The Kier molecular flexibility index (Phi) is 3.66. The Morgan fingerprint density at radius 3 is 2.35 bits per heavy atom. The molecular formula is C11H18NO5-. The molecule has 1 N–H and O–H groups in total. The topological polar surface area (TPSA) is 91.2 Å². The summed E-state index contributed by atoms with van der Waals surface area (Å²) in [5, 5.41) is 20.8. The van der Waals surface area contributed by atoms with Gasteiger partial charge in [-0.25, -0.2) is 4.79 Å². The molecule has 6 heteroatoms. The Labute approximate surface area is 100 Å². The van der Waals surface area contributed by atoms with Crippen molar-refractivity contribution >= 4 is 12.1 Å². The number of methoxy groups -OCH3 is 1. The molecule has 0 atom stereocenters. The van der Waals surface area contributed by atoms with Crippen LogP contribution in [0.15, 0.2) is 4.99 Å². The molecular weight excluding hydrogens is 226 g/mol. The minimum Gasteiger partial charge on any atom is -0.595 e. The summed E-state index contributed by atoms with van der Waals surface area (Å²) in [7, 11) is 1.22. The van der Waals surface area contributed by atoms with Gasteiger partial charge in [0, 0.05) is 18.4 Å². The lowest BCUT2D eigenvalue weighted by Crippen LogP contribution is -2.54. The first kappa shape index (κ1) is 13.8. The van der Waals surface area contributed by atoms with Crippen molar-refractivity contribution in [2.24, 2.45) is 4.99 Å². The summed E-state index contributed by atoms with van der Waals surface area (Å²) in [6.07, 6.45) is -1.24. The van der Waals surface area contributed by atoms with Crippen molar-refractivity contribution in [1.82, 2.24) is 0 Å². The van der Waals surface area contributed by atoms with Gasteiger partial charge < -0.3 is 19.7 Å². The second-order valence-electron chi connectivity index (χ2n) is 5.18. The highest BCUT2D eigenvalue weighted by atomic mass is 16.6. The number of carbonyl (C=O) groups is 1. The molecule has 98 valence electrons. The summed E-state index contributed by atoms with van der Waals surface area (Å²) in [5.41, 5.74) is -1.93. The molecule has 0 aromatic heterocycles. The third-order valence-electron chi connectivity index (χ3n) is 2.41. The third-order valence-corrected chi connectivity index (χ3v) is 2.41. The lowest BCUT2D eigenvalue weighted by molar-refractivity contribution is -0.262. The molecule has 17 heavy (non-hydrogen) atoms. The monoisotopic (exact) mass is 244 g/mol. The fourth-order valence-corrected chi connectivity index (χ4v) is 1.67. The Morgan fingerprint density at radius 2 is 2.00 bits per heavy atom. The van der Waals surface area contributed by atoms with Crippen LogP contribution >= 0.6 is 0 Å². The minimum absolute atomic E-state index is 0.0961. The van der Waals surface area contributed by atoms with E-state index in [0.29, 0.717) is 0 Å². The fraction of sp³-hybridized carbons (Fsp3) is 0.818. The van der Waals surface area contributed by atoms with Gasteiger partial charge in [0.1, 0.15) is 6.08 Å². The predicted octanol–water partition coefficient (Wildman–Crippen LogP) is -0.416. The maximum atomic E-state index is 11.5. The molecule has 0 radical (unpaired) electrons. The van der Waals surface area contributed by atoms with Gasteiger partial charge in [0.05, 0.1) is 13.2 Å². The summed E-state index contributed by atoms with van der Waals surface area (Å²) in [5.74, 6) is -0.617. The van der Waals surface area contributed by atoms with Crippen molar-refractivity contribution in [3.8, 4) is 0 Å². The van der Waals surface area contributed by atoms with Crippen LogP contribution in [0.2, 0.25) is 0 Å². The van der Waals surface area contributed by atoms with Gasteiger partial charge in [0.15, 0.2) is 5.54 Å². The molecule has 1 aliphatic rings. The first-order valence-corrected chi connectivity index (χ1v) is 5.41. The second kappa shape index (κ2) is 4.52. The van der Waals surface area contributed by atoms with E-state index in [-0.39, 0.29) is 12.8 Å². The molecule has 6 nitrogen and oxygen atoms in total. The standard InChI is InChI=1S/C11H19NO5/c1-10(2,3)17-9(15)12-11(8(14)16-4)5-7(13)6-11/h7,13H,5-6H2,1-4H3,(H,12,15)/p-1. The van der Waals surface area contributed by atoms with Gasteiger partial charge in [-0.15, -0.1) is 0 Å². The largest absolute Gasteiger partial charge is 0.595 e. The molecule has 1 fully saturated rings. The van der Waals surface area contributed by atoms with E-state index in [1.165, 1.54) is 7.11 Å². The lowest BCUT2D eigenvalue weighted by atomic mass is 9.75. The maximum Gasteiger partial charge on any atom is 0.334 e. The van der Waals surface area contributed by atoms with E-state index in [9.17, 15) is 15.0 Å². The van der Waals surface area contributed by atoms with E-state index >= 15 is 0 Å². The maximum absolute atomic E-state index is 11.5. The van der Waals surface area contributed by atoms with Crippen LogP contribution in [0.1, 0.15) is 33.6 Å². The molecule has 0 amide bonds. The van der Waals surface area contributed by atoms with E-state index < -0.39 is 29.3 Å². The first-order valence-electron chi connectivity index (χ1n) is 5.41. The lowest BCUT2D eigenvalue weighted by Gasteiger charge is -2.41. The smallest absolute Gasteiger partial charge is 0.334 e. The highest BCUT2D eigenvalue weighted by molar-refractivity contribution is 5.85. The van der Waals surface area contributed by atoms with Crippen LogP contribution < -0.4 is 5.11 Å². The Balaban J connectivity index is 2.81. The van der Waals surface area contributed by atoms with Crippen LogP contribution in [0.25, 0.3) is 0 Å². The quantitative estimate of drug-likeness (QED) is 0.405. The number of hydrogen-bond donors (Lipinski definition) is 1. The van der Waals surface area contributed by atoms with Crippen molar-refractivity contribution in [3.63, 3.8) is 0 Å². The molecule has 0 saturated heterocycles. The van der Waals surface area contributed by atoms with Crippen molar-refractivity contribution in [3.05, 3.63) is 0 Å². The van der Waals surface area contributed by atoms with Gasteiger partial charge in [0.25, 0.3) is 0 Å². The number of aliphatic imine (C=N–C) groups is 1. The van der Waals surface area contributed by atoms with Crippen molar-refractivity contribution in [2.75, 3.05) is 7.11 Å². The SMILES string of the molecule is COC(=O)C1(N=C([O-])OC(C)(C)C)CC(O)C1. The third kappa shape index (κ3) is 3.33. The van der Waals surface area contributed by atoms with Gasteiger partial charge in [-0.1, -0.05) is 20.8 Å². The summed E-state index contributed by atoms with van der Waals surface area (Å²) < 4.78 is 9.59. The van der Waals surface area contributed by atoms with Crippen LogP contribution in [-0.4, -0.2) is 41.5 Å². The van der Waals surface area contributed by atoms with E-state index in [2.05, 4.69) is 9.73 Å². The zero-order valence-electron chi connectivity index (χ0n) is 10.5. The number of esters is 1. The normalized spacial score (nSPS) is 29.5. The Hall–Kier alpha value is -1.30. The highest BCUT2D eigenvalue weighted by Gasteiger charge is 2.51. The summed E-state index contributed by atoms with van der Waals surface area (Å²) in [4.78, 5) is 15.3. The first-order chi connectivity index (χ1) is 7.68. The summed E-state index contributed by atoms with van der Waals surface area (Å²) >= 11 is 0. The number of aliphatic hydroxyl groups is 1. The minimum atomic E-state index is -1.27. The van der Waals surface area contributed by atoms with E-state index in [1.807, 2.05) is 0 Å². The van der Waals surface area contributed by atoms with Gasteiger partial charge >= 0.3 is 5.97 Å². The zero-order valence-corrected chi connectivity index (χ0v) is 10.5. The number of aliphatic hydroxyl groups excluding tert-OH is 1. The zero-order chi connectivity index (χ0) is 13.3. The van der Waals surface area contributed by atoms with Gasteiger partial charge in [-0.2, -0.15) is 0 Å². The van der Waals surface area contributed by atoms with Crippen molar-refractivity contribution < 1.29 is 24.5 Å².